The lowest BCUT2D eigenvalue weighted by Gasteiger charge is -2.23. The largest absolute Gasteiger partial charge is 0.396 e. The molecule has 16 heavy (non-hydrogen) atoms. The highest BCUT2D eigenvalue weighted by Crippen LogP contribution is 2.18. The zero-order chi connectivity index (χ0) is 12.6. The van der Waals surface area contributed by atoms with Crippen LogP contribution >= 0.6 is 0 Å². The summed E-state index contributed by atoms with van der Waals surface area (Å²) in [6.45, 7) is 4.13. The van der Waals surface area contributed by atoms with Gasteiger partial charge in [0.05, 0.1) is 12.2 Å². The molecule has 98 valence electrons. The molecular weight excluding hydrogens is 208 g/mol. The van der Waals surface area contributed by atoms with Crippen molar-refractivity contribution in [1.29, 1.82) is 0 Å². The van der Waals surface area contributed by atoms with Crippen molar-refractivity contribution in [3.8, 4) is 0 Å². The van der Waals surface area contributed by atoms with Crippen molar-refractivity contribution in [3.63, 3.8) is 0 Å². The monoisotopic (exact) mass is 234 g/mol. The normalized spacial score (nSPS) is 19.1. The molecule has 0 aromatic carbocycles. The molecule has 0 aromatic heterocycles. The van der Waals surface area contributed by atoms with Crippen LogP contribution in [0.25, 0.3) is 0 Å². The summed E-state index contributed by atoms with van der Waals surface area (Å²) < 4.78 is 0. The first-order chi connectivity index (χ1) is 7.51. The van der Waals surface area contributed by atoms with E-state index in [0.29, 0.717) is 25.7 Å². The van der Waals surface area contributed by atoms with Gasteiger partial charge in [0.2, 0.25) is 0 Å². The van der Waals surface area contributed by atoms with Crippen LogP contribution < -0.4 is 0 Å². The minimum absolute atomic E-state index is 0.116. The number of aliphatic hydroxyl groups excluding tert-OH is 4. The van der Waals surface area contributed by atoms with Crippen LogP contribution in [0.4, 0.5) is 0 Å². The second kappa shape index (κ2) is 8.93. The SMILES string of the molecule is CC(CCO)CC(O)C(O)CC(C)CCO. The highest BCUT2D eigenvalue weighted by atomic mass is 16.3. The van der Waals surface area contributed by atoms with Crippen LogP contribution in [0.1, 0.15) is 39.5 Å². The molecule has 0 aliphatic carbocycles. The molecule has 0 bridgehead atoms. The summed E-state index contributed by atoms with van der Waals surface area (Å²) in [5.41, 5.74) is 0. The first-order valence-electron chi connectivity index (χ1n) is 6.09. The maximum Gasteiger partial charge on any atom is 0.0801 e. The molecule has 0 rings (SSSR count). The Bertz CT molecular complexity index is 145. The molecule has 4 heteroatoms. The van der Waals surface area contributed by atoms with E-state index in [1.165, 1.54) is 0 Å². The molecule has 0 spiro atoms. The van der Waals surface area contributed by atoms with Gasteiger partial charge in [-0.2, -0.15) is 0 Å². The Morgan fingerprint density at radius 3 is 1.31 bits per heavy atom. The van der Waals surface area contributed by atoms with Gasteiger partial charge in [-0.25, -0.2) is 0 Å². The summed E-state index contributed by atoms with van der Waals surface area (Å²) >= 11 is 0. The average molecular weight is 234 g/mol. The lowest BCUT2D eigenvalue weighted by molar-refractivity contribution is -0.00873. The molecule has 0 heterocycles. The molecule has 0 radical (unpaired) electrons. The van der Waals surface area contributed by atoms with Gasteiger partial charge >= 0.3 is 0 Å². The molecule has 0 aliphatic rings. The van der Waals surface area contributed by atoms with E-state index in [1.54, 1.807) is 0 Å². The van der Waals surface area contributed by atoms with Gasteiger partial charge in [-0.15, -0.1) is 0 Å². The lowest BCUT2D eigenvalue weighted by atomic mass is 9.92. The van der Waals surface area contributed by atoms with Crippen LogP contribution in [-0.4, -0.2) is 45.8 Å². The molecule has 0 saturated carbocycles. The van der Waals surface area contributed by atoms with Gasteiger partial charge in [-0.3, -0.25) is 0 Å². The van der Waals surface area contributed by atoms with E-state index in [0.717, 1.165) is 0 Å². The maximum absolute atomic E-state index is 9.74. The topological polar surface area (TPSA) is 80.9 Å². The quantitative estimate of drug-likeness (QED) is 0.469. The summed E-state index contributed by atoms with van der Waals surface area (Å²) in [5.74, 6) is 0.422. The van der Waals surface area contributed by atoms with Crippen molar-refractivity contribution < 1.29 is 20.4 Å². The van der Waals surface area contributed by atoms with Gasteiger partial charge in [-0.1, -0.05) is 13.8 Å². The third-order valence-electron chi connectivity index (χ3n) is 2.98. The van der Waals surface area contributed by atoms with Crippen LogP contribution in [0.3, 0.4) is 0 Å². The minimum Gasteiger partial charge on any atom is -0.396 e. The standard InChI is InChI=1S/C12H26O4/c1-9(3-5-13)7-11(15)12(16)8-10(2)4-6-14/h9-16H,3-8H2,1-2H3. The van der Waals surface area contributed by atoms with E-state index in [9.17, 15) is 10.2 Å². The minimum atomic E-state index is -0.734. The van der Waals surface area contributed by atoms with E-state index in [1.807, 2.05) is 13.8 Å². The summed E-state index contributed by atoms with van der Waals surface area (Å²) in [5, 5.41) is 36.9. The van der Waals surface area contributed by atoms with Gasteiger partial charge in [-0.05, 0) is 37.5 Å². The zero-order valence-electron chi connectivity index (χ0n) is 10.3. The van der Waals surface area contributed by atoms with Crippen molar-refractivity contribution in [2.24, 2.45) is 11.8 Å². The second-order valence-corrected chi connectivity index (χ2v) is 4.84. The van der Waals surface area contributed by atoms with Gasteiger partial charge in [0.15, 0.2) is 0 Å². The van der Waals surface area contributed by atoms with E-state index < -0.39 is 12.2 Å². The van der Waals surface area contributed by atoms with Gasteiger partial charge < -0.3 is 20.4 Å². The Hall–Kier alpha value is -0.160. The first kappa shape index (κ1) is 15.8. The fourth-order valence-corrected chi connectivity index (χ4v) is 1.82. The molecule has 4 unspecified atom stereocenters. The molecule has 0 amide bonds. The molecule has 4 atom stereocenters. The van der Waals surface area contributed by atoms with Crippen molar-refractivity contribution in [2.45, 2.75) is 51.7 Å². The number of rotatable bonds is 9. The van der Waals surface area contributed by atoms with E-state index >= 15 is 0 Å². The van der Waals surface area contributed by atoms with E-state index in [4.69, 9.17) is 10.2 Å². The van der Waals surface area contributed by atoms with Crippen LogP contribution in [0.2, 0.25) is 0 Å². The molecule has 0 aromatic rings. The number of hydrogen-bond donors (Lipinski definition) is 4. The number of aliphatic hydroxyl groups is 4. The smallest absolute Gasteiger partial charge is 0.0801 e. The van der Waals surface area contributed by atoms with Crippen molar-refractivity contribution in [1.82, 2.24) is 0 Å². The Labute approximate surface area is 97.9 Å². The first-order valence-corrected chi connectivity index (χ1v) is 6.09. The third-order valence-corrected chi connectivity index (χ3v) is 2.98. The van der Waals surface area contributed by atoms with E-state index in [-0.39, 0.29) is 25.0 Å². The van der Waals surface area contributed by atoms with E-state index in [2.05, 4.69) is 0 Å². The van der Waals surface area contributed by atoms with Crippen molar-refractivity contribution in [2.75, 3.05) is 13.2 Å². The van der Waals surface area contributed by atoms with Crippen LogP contribution in [-0.2, 0) is 0 Å². The molecule has 4 nitrogen and oxygen atoms in total. The van der Waals surface area contributed by atoms with Gasteiger partial charge in [0.1, 0.15) is 0 Å². The van der Waals surface area contributed by atoms with Crippen LogP contribution in [0.15, 0.2) is 0 Å². The average Bonchev–Trinajstić information content (AvgIpc) is 2.17. The van der Waals surface area contributed by atoms with Gasteiger partial charge in [0.25, 0.3) is 0 Å². The fraction of sp³-hybridized carbons (Fsp3) is 1.00. The Morgan fingerprint density at radius 2 is 1.06 bits per heavy atom. The molecule has 0 fully saturated rings. The van der Waals surface area contributed by atoms with Crippen LogP contribution in [0, 0.1) is 11.8 Å². The Kier molecular flexibility index (Phi) is 8.84. The predicted molar refractivity (Wildman–Crippen MR) is 63.0 cm³/mol. The Balaban J connectivity index is 3.83. The molecular formula is C12H26O4. The summed E-state index contributed by atoms with van der Waals surface area (Å²) in [6.07, 6.45) is 0.845. The summed E-state index contributed by atoms with van der Waals surface area (Å²) in [6, 6.07) is 0. The highest BCUT2D eigenvalue weighted by Gasteiger charge is 2.20. The predicted octanol–water partition coefficient (Wildman–Crippen LogP) is 0.525. The summed E-state index contributed by atoms with van der Waals surface area (Å²) in [7, 11) is 0. The molecule has 0 saturated heterocycles. The third kappa shape index (κ3) is 7.17. The molecule has 0 aliphatic heterocycles. The Morgan fingerprint density at radius 1 is 0.750 bits per heavy atom. The lowest BCUT2D eigenvalue weighted by Crippen LogP contribution is -2.29. The van der Waals surface area contributed by atoms with Crippen molar-refractivity contribution in [3.05, 3.63) is 0 Å². The maximum atomic E-state index is 9.74. The second-order valence-electron chi connectivity index (χ2n) is 4.84. The molecule has 4 N–H and O–H groups in total. The van der Waals surface area contributed by atoms with Crippen molar-refractivity contribution >= 4 is 0 Å². The summed E-state index contributed by atoms with van der Waals surface area (Å²) in [4.78, 5) is 0. The highest BCUT2D eigenvalue weighted by molar-refractivity contribution is 4.72. The van der Waals surface area contributed by atoms with Gasteiger partial charge in [0, 0.05) is 13.2 Å². The number of hydrogen-bond acceptors (Lipinski definition) is 4. The zero-order valence-corrected chi connectivity index (χ0v) is 10.3. The van der Waals surface area contributed by atoms with Crippen LogP contribution in [0.5, 0.6) is 0 Å². The fourth-order valence-electron chi connectivity index (χ4n) is 1.82.